The van der Waals surface area contributed by atoms with Gasteiger partial charge in [-0.3, -0.25) is 10.1 Å². The number of aryl methyl sites for hydroxylation is 2. The van der Waals surface area contributed by atoms with Gasteiger partial charge in [0.25, 0.3) is 0 Å². The van der Waals surface area contributed by atoms with E-state index >= 15 is 0 Å². The lowest BCUT2D eigenvalue weighted by molar-refractivity contribution is -0.386. The third kappa shape index (κ3) is 4.00. The van der Waals surface area contributed by atoms with Crippen molar-refractivity contribution < 1.29 is 14.8 Å². The van der Waals surface area contributed by atoms with Crippen LogP contribution in [0.15, 0.2) is 12.1 Å². The Bertz CT molecular complexity index is 418. The molecular weight excluding hydrogens is 234 g/mol. The standard InChI is InChI=1S/C13H19NO4/c1-10-8-11(2)13(12(9-10)14(16)17)18-7-5-3-4-6-15/h8-9,15H,3-7H2,1-2H3. The molecule has 18 heavy (non-hydrogen) atoms. The van der Waals surface area contributed by atoms with Crippen LogP contribution in [0.3, 0.4) is 0 Å². The van der Waals surface area contributed by atoms with Gasteiger partial charge in [0.2, 0.25) is 0 Å². The lowest BCUT2D eigenvalue weighted by Crippen LogP contribution is -2.03. The molecule has 0 amide bonds. The van der Waals surface area contributed by atoms with Gasteiger partial charge in [-0.2, -0.15) is 0 Å². The molecule has 0 heterocycles. The largest absolute Gasteiger partial charge is 0.487 e. The van der Waals surface area contributed by atoms with Crippen LogP contribution >= 0.6 is 0 Å². The molecule has 5 heteroatoms. The molecule has 0 spiro atoms. The number of hydrogen-bond acceptors (Lipinski definition) is 4. The van der Waals surface area contributed by atoms with Crippen molar-refractivity contribution in [2.75, 3.05) is 13.2 Å². The maximum absolute atomic E-state index is 11.0. The third-order valence-corrected chi connectivity index (χ3v) is 2.64. The number of nitro groups is 1. The fourth-order valence-electron chi connectivity index (χ4n) is 1.82. The van der Waals surface area contributed by atoms with Gasteiger partial charge in [-0.05, 0) is 44.2 Å². The Hall–Kier alpha value is -1.62. The van der Waals surface area contributed by atoms with Gasteiger partial charge in [0, 0.05) is 12.7 Å². The Morgan fingerprint density at radius 3 is 2.61 bits per heavy atom. The number of ether oxygens (including phenoxy) is 1. The summed E-state index contributed by atoms with van der Waals surface area (Å²) in [5, 5.41) is 19.6. The van der Waals surface area contributed by atoms with E-state index in [1.165, 1.54) is 6.07 Å². The minimum absolute atomic E-state index is 0.0228. The van der Waals surface area contributed by atoms with Crippen molar-refractivity contribution in [3.05, 3.63) is 33.4 Å². The summed E-state index contributed by atoms with van der Waals surface area (Å²) in [6.45, 7) is 4.24. The molecule has 0 saturated heterocycles. The molecule has 0 unspecified atom stereocenters. The summed E-state index contributed by atoms with van der Waals surface area (Å²) < 4.78 is 5.51. The number of unbranched alkanes of at least 4 members (excludes halogenated alkanes) is 2. The first-order valence-corrected chi connectivity index (χ1v) is 6.05. The van der Waals surface area contributed by atoms with Gasteiger partial charge in [0.1, 0.15) is 0 Å². The van der Waals surface area contributed by atoms with Gasteiger partial charge in [-0.15, -0.1) is 0 Å². The first-order chi connectivity index (χ1) is 8.56. The molecule has 1 N–H and O–H groups in total. The molecule has 1 rings (SSSR count). The zero-order valence-corrected chi connectivity index (χ0v) is 10.8. The van der Waals surface area contributed by atoms with Gasteiger partial charge in [0.05, 0.1) is 11.5 Å². The van der Waals surface area contributed by atoms with Crippen LogP contribution < -0.4 is 4.74 Å². The van der Waals surface area contributed by atoms with Crippen LogP contribution in [0.5, 0.6) is 5.75 Å². The molecule has 0 aromatic heterocycles. The van der Waals surface area contributed by atoms with E-state index in [0.29, 0.717) is 12.4 Å². The van der Waals surface area contributed by atoms with E-state index in [0.717, 1.165) is 30.4 Å². The number of nitrogens with zero attached hydrogens (tertiary/aromatic N) is 1. The van der Waals surface area contributed by atoms with Crippen LogP contribution in [0.1, 0.15) is 30.4 Å². The highest BCUT2D eigenvalue weighted by atomic mass is 16.6. The van der Waals surface area contributed by atoms with Crippen molar-refractivity contribution in [3.63, 3.8) is 0 Å². The Balaban J connectivity index is 2.71. The quantitative estimate of drug-likeness (QED) is 0.460. The van der Waals surface area contributed by atoms with Crippen molar-refractivity contribution >= 4 is 5.69 Å². The molecule has 0 atom stereocenters. The first kappa shape index (κ1) is 14.4. The highest BCUT2D eigenvalue weighted by Gasteiger charge is 2.18. The smallest absolute Gasteiger partial charge is 0.311 e. The van der Waals surface area contributed by atoms with Crippen LogP contribution in [0.4, 0.5) is 5.69 Å². The second-order valence-electron chi connectivity index (χ2n) is 4.32. The van der Waals surface area contributed by atoms with Crippen molar-refractivity contribution in [1.29, 1.82) is 0 Å². The predicted octanol–water partition coefficient (Wildman–Crippen LogP) is 2.75. The minimum Gasteiger partial charge on any atom is -0.487 e. The third-order valence-electron chi connectivity index (χ3n) is 2.64. The van der Waals surface area contributed by atoms with Crippen molar-refractivity contribution in [2.24, 2.45) is 0 Å². The van der Waals surface area contributed by atoms with Crippen molar-refractivity contribution in [2.45, 2.75) is 33.1 Å². The van der Waals surface area contributed by atoms with Gasteiger partial charge in [-0.1, -0.05) is 6.07 Å². The summed E-state index contributed by atoms with van der Waals surface area (Å²) in [5.74, 6) is 0.356. The fourth-order valence-corrected chi connectivity index (χ4v) is 1.82. The van der Waals surface area contributed by atoms with Crippen molar-refractivity contribution in [1.82, 2.24) is 0 Å². The Labute approximate surface area is 107 Å². The van der Waals surface area contributed by atoms with Crippen LogP contribution in [-0.4, -0.2) is 23.2 Å². The Morgan fingerprint density at radius 2 is 2.00 bits per heavy atom. The predicted molar refractivity (Wildman–Crippen MR) is 69.0 cm³/mol. The maximum Gasteiger partial charge on any atom is 0.311 e. The molecule has 0 radical (unpaired) electrons. The molecule has 1 aromatic rings. The molecular formula is C13H19NO4. The van der Waals surface area contributed by atoms with E-state index in [9.17, 15) is 10.1 Å². The summed E-state index contributed by atoms with van der Waals surface area (Å²) in [5.41, 5.74) is 1.66. The van der Waals surface area contributed by atoms with E-state index in [1.807, 2.05) is 19.9 Å². The average molecular weight is 253 g/mol. The molecule has 0 fully saturated rings. The van der Waals surface area contributed by atoms with Gasteiger partial charge < -0.3 is 9.84 Å². The van der Waals surface area contributed by atoms with Crippen LogP contribution in [0.25, 0.3) is 0 Å². The zero-order chi connectivity index (χ0) is 13.5. The fraction of sp³-hybridized carbons (Fsp3) is 0.538. The number of hydrogen-bond donors (Lipinski definition) is 1. The zero-order valence-electron chi connectivity index (χ0n) is 10.8. The second kappa shape index (κ2) is 6.96. The number of benzene rings is 1. The SMILES string of the molecule is Cc1cc(C)c(OCCCCCO)c([N+](=O)[O-])c1. The van der Waals surface area contributed by atoms with Gasteiger partial charge in [0.15, 0.2) is 5.75 Å². The lowest BCUT2D eigenvalue weighted by atomic mass is 10.1. The summed E-state index contributed by atoms with van der Waals surface area (Å²) >= 11 is 0. The number of rotatable bonds is 7. The summed E-state index contributed by atoms with van der Waals surface area (Å²) in [7, 11) is 0. The maximum atomic E-state index is 11.0. The number of aliphatic hydroxyl groups excluding tert-OH is 1. The Morgan fingerprint density at radius 1 is 1.28 bits per heavy atom. The lowest BCUT2D eigenvalue weighted by Gasteiger charge is -2.10. The normalized spacial score (nSPS) is 10.4. The summed E-state index contributed by atoms with van der Waals surface area (Å²) in [6.07, 6.45) is 2.37. The molecule has 0 saturated carbocycles. The molecule has 0 aliphatic rings. The van der Waals surface area contributed by atoms with Gasteiger partial charge >= 0.3 is 5.69 Å². The summed E-state index contributed by atoms with van der Waals surface area (Å²) in [6, 6.07) is 3.39. The average Bonchev–Trinajstić information content (AvgIpc) is 2.30. The highest BCUT2D eigenvalue weighted by Crippen LogP contribution is 2.32. The molecule has 0 aliphatic carbocycles. The number of nitro benzene ring substituents is 1. The molecule has 100 valence electrons. The van der Waals surface area contributed by atoms with E-state index in [2.05, 4.69) is 0 Å². The van der Waals surface area contributed by atoms with Gasteiger partial charge in [-0.25, -0.2) is 0 Å². The molecule has 0 aliphatic heterocycles. The van der Waals surface area contributed by atoms with E-state index in [4.69, 9.17) is 9.84 Å². The topological polar surface area (TPSA) is 72.6 Å². The number of aliphatic hydroxyl groups is 1. The molecule has 5 nitrogen and oxygen atoms in total. The Kier molecular flexibility index (Phi) is 5.58. The van der Waals surface area contributed by atoms with E-state index < -0.39 is 4.92 Å². The first-order valence-electron chi connectivity index (χ1n) is 6.05. The molecule has 1 aromatic carbocycles. The van der Waals surface area contributed by atoms with E-state index in [1.54, 1.807) is 0 Å². The van der Waals surface area contributed by atoms with Crippen LogP contribution in [0, 0.1) is 24.0 Å². The van der Waals surface area contributed by atoms with E-state index in [-0.39, 0.29) is 12.3 Å². The minimum atomic E-state index is -0.414. The van der Waals surface area contributed by atoms with Crippen molar-refractivity contribution in [3.8, 4) is 5.75 Å². The molecule has 0 bridgehead atoms. The summed E-state index contributed by atoms with van der Waals surface area (Å²) in [4.78, 5) is 10.5. The van der Waals surface area contributed by atoms with Crippen LogP contribution in [0.2, 0.25) is 0 Å². The van der Waals surface area contributed by atoms with Crippen LogP contribution in [-0.2, 0) is 0 Å². The second-order valence-corrected chi connectivity index (χ2v) is 4.32. The highest BCUT2D eigenvalue weighted by molar-refractivity contribution is 5.53. The monoisotopic (exact) mass is 253 g/mol.